The minimum absolute atomic E-state index is 0.125. The van der Waals surface area contributed by atoms with Gasteiger partial charge in [0.15, 0.2) is 0 Å². The van der Waals surface area contributed by atoms with Crippen molar-refractivity contribution in [1.82, 2.24) is 5.32 Å². The number of carbonyl (C=O) groups excluding carboxylic acids is 1. The summed E-state index contributed by atoms with van der Waals surface area (Å²) in [6, 6.07) is 6.00. The average Bonchev–Trinajstić information content (AvgIpc) is 2.77. The van der Waals surface area contributed by atoms with E-state index in [2.05, 4.69) is 18.3 Å². The van der Waals surface area contributed by atoms with E-state index >= 15 is 0 Å². The Morgan fingerprint density at radius 2 is 2.00 bits per heavy atom. The normalized spacial score (nSPS) is 29.0. The van der Waals surface area contributed by atoms with Gasteiger partial charge in [-0.25, -0.2) is 4.79 Å². The third kappa shape index (κ3) is 3.02. The van der Waals surface area contributed by atoms with Crippen LogP contribution in [0.4, 0.5) is 0 Å². The number of ether oxygens (including phenoxy) is 1. The molecule has 0 amide bonds. The number of carbonyl (C=O) groups is 1. The van der Waals surface area contributed by atoms with Gasteiger partial charge in [0.1, 0.15) is 0 Å². The minimum Gasteiger partial charge on any atom is -0.465 e. The van der Waals surface area contributed by atoms with Crippen molar-refractivity contribution in [3.05, 3.63) is 34.9 Å². The lowest BCUT2D eigenvalue weighted by atomic mass is 9.79. The second-order valence-corrected chi connectivity index (χ2v) is 7.14. The molecule has 1 saturated carbocycles. The van der Waals surface area contributed by atoms with Gasteiger partial charge in [-0.2, -0.15) is 0 Å². The summed E-state index contributed by atoms with van der Waals surface area (Å²) in [5, 5.41) is 3.54. The second kappa shape index (κ2) is 6.62. The Morgan fingerprint density at radius 3 is 2.65 bits per heavy atom. The van der Waals surface area contributed by atoms with Crippen LogP contribution in [0.25, 0.3) is 0 Å². The van der Waals surface area contributed by atoms with Gasteiger partial charge in [0, 0.05) is 12.1 Å². The van der Waals surface area contributed by atoms with Crippen LogP contribution in [-0.2, 0) is 17.6 Å². The molecule has 3 rings (SSSR count). The monoisotopic (exact) mass is 316 g/mol. The van der Waals surface area contributed by atoms with E-state index in [9.17, 15) is 4.79 Å². The molecule has 3 N–H and O–H groups in total. The Labute approximate surface area is 138 Å². The van der Waals surface area contributed by atoms with Crippen molar-refractivity contribution in [3.8, 4) is 0 Å². The summed E-state index contributed by atoms with van der Waals surface area (Å²) >= 11 is 0. The molecule has 4 nitrogen and oxygen atoms in total. The van der Waals surface area contributed by atoms with Crippen LogP contribution in [0.2, 0.25) is 0 Å². The summed E-state index contributed by atoms with van der Waals surface area (Å²) in [5.41, 5.74) is 10.1. The van der Waals surface area contributed by atoms with E-state index < -0.39 is 0 Å². The molecular weight excluding hydrogens is 288 g/mol. The van der Waals surface area contributed by atoms with Crippen molar-refractivity contribution in [2.45, 2.75) is 44.6 Å². The van der Waals surface area contributed by atoms with Crippen molar-refractivity contribution in [3.63, 3.8) is 0 Å². The van der Waals surface area contributed by atoms with E-state index in [-0.39, 0.29) is 11.5 Å². The lowest BCUT2D eigenvalue weighted by molar-refractivity contribution is 0.0600. The molecule has 0 aromatic heterocycles. The number of benzene rings is 1. The van der Waals surface area contributed by atoms with Gasteiger partial charge < -0.3 is 15.8 Å². The predicted octanol–water partition coefficient (Wildman–Crippen LogP) is 2.30. The second-order valence-electron chi connectivity index (χ2n) is 7.14. The predicted molar refractivity (Wildman–Crippen MR) is 91.5 cm³/mol. The van der Waals surface area contributed by atoms with Crippen LogP contribution < -0.4 is 11.1 Å². The maximum atomic E-state index is 11.8. The van der Waals surface area contributed by atoms with Crippen LogP contribution in [0.5, 0.6) is 0 Å². The Morgan fingerprint density at radius 1 is 1.30 bits per heavy atom. The van der Waals surface area contributed by atoms with Crippen LogP contribution in [0, 0.1) is 11.8 Å². The van der Waals surface area contributed by atoms with Gasteiger partial charge in [0.25, 0.3) is 0 Å². The number of esters is 1. The fourth-order valence-corrected chi connectivity index (χ4v) is 4.42. The first-order valence-electron chi connectivity index (χ1n) is 8.78. The van der Waals surface area contributed by atoms with Gasteiger partial charge in [-0.3, -0.25) is 0 Å². The largest absolute Gasteiger partial charge is 0.465 e. The number of hydrogen-bond acceptors (Lipinski definition) is 4. The highest BCUT2D eigenvalue weighted by Crippen LogP contribution is 2.45. The molecule has 1 aromatic rings. The number of hydrogen-bond donors (Lipinski definition) is 2. The molecule has 1 aromatic carbocycles. The summed E-state index contributed by atoms with van der Waals surface area (Å²) in [5.74, 6) is 0.763. The van der Waals surface area contributed by atoms with Gasteiger partial charge in [0.05, 0.1) is 12.7 Å². The highest BCUT2D eigenvalue weighted by atomic mass is 16.5. The number of methoxy groups -OCH3 is 1. The lowest BCUT2D eigenvalue weighted by Gasteiger charge is -2.35. The van der Waals surface area contributed by atoms with Gasteiger partial charge in [-0.1, -0.05) is 13.0 Å². The Balaban J connectivity index is 1.85. The molecule has 1 fully saturated rings. The van der Waals surface area contributed by atoms with E-state index in [0.29, 0.717) is 17.4 Å². The van der Waals surface area contributed by atoms with Crippen LogP contribution in [0.1, 0.15) is 47.7 Å². The van der Waals surface area contributed by atoms with E-state index in [1.54, 1.807) is 0 Å². The maximum Gasteiger partial charge on any atom is 0.337 e. The van der Waals surface area contributed by atoms with Crippen molar-refractivity contribution < 1.29 is 9.53 Å². The first-order valence-corrected chi connectivity index (χ1v) is 8.78. The van der Waals surface area contributed by atoms with E-state index in [4.69, 9.17) is 10.5 Å². The molecule has 2 bridgehead atoms. The third-order valence-corrected chi connectivity index (χ3v) is 5.80. The summed E-state index contributed by atoms with van der Waals surface area (Å²) < 4.78 is 4.85. The average molecular weight is 316 g/mol. The van der Waals surface area contributed by atoms with Crippen LogP contribution >= 0.6 is 0 Å². The molecular formula is C19H28N2O2. The Bertz CT molecular complexity index is 587. The molecule has 0 aliphatic heterocycles. The highest BCUT2D eigenvalue weighted by Gasteiger charge is 2.48. The first kappa shape index (κ1) is 16.5. The summed E-state index contributed by atoms with van der Waals surface area (Å²) in [4.78, 5) is 11.8. The van der Waals surface area contributed by atoms with Crippen LogP contribution in [0.3, 0.4) is 0 Å². The zero-order valence-electron chi connectivity index (χ0n) is 14.2. The molecule has 0 saturated heterocycles. The van der Waals surface area contributed by atoms with E-state index in [1.165, 1.54) is 31.1 Å². The Kier molecular flexibility index (Phi) is 4.74. The molecule has 126 valence electrons. The van der Waals surface area contributed by atoms with Gasteiger partial charge in [0.2, 0.25) is 0 Å². The molecule has 4 heteroatoms. The summed E-state index contributed by atoms with van der Waals surface area (Å²) in [6.45, 7) is 4.11. The molecule has 0 heterocycles. The number of nitrogens with one attached hydrogen (secondary N) is 1. The standard InChI is InChI=1S/C19H28N2O2/c1-3-8-21-12-19(20)16-6-7-17(19)11-15-9-14(18(22)23-2)5-4-13(15)10-16/h4-5,9,16-17,21H,3,6-8,10-12,20H2,1-2H3. The highest BCUT2D eigenvalue weighted by molar-refractivity contribution is 5.89. The molecule has 3 unspecified atom stereocenters. The smallest absolute Gasteiger partial charge is 0.337 e. The van der Waals surface area contributed by atoms with Crippen molar-refractivity contribution >= 4 is 5.97 Å². The lowest BCUT2D eigenvalue weighted by Crippen LogP contribution is -2.56. The van der Waals surface area contributed by atoms with Crippen LogP contribution in [0.15, 0.2) is 18.2 Å². The number of rotatable bonds is 5. The quantitative estimate of drug-likeness (QED) is 0.646. The van der Waals surface area contributed by atoms with Crippen molar-refractivity contribution in [2.24, 2.45) is 17.6 Å². The van der Waals surface area contributed by atoms with Gasteiger partial charge in [-0.05, 0) is 73.7 Å². The molecule has 0 radical (unpaired) electrons. The molecule has 23 heavy (non-hydrogen) atoms. The summed E-state index contributed by atoms with van der Waals surface area (Å²) in [6.07, 6.45) is 5.54. The number of fused-ring (bicyclic) bond motifs is 3. The SMILES string of the molecule is CCCNCC1(N)C2CCC1Cc1cc(C(=O)OC)ccc1C2. The fourth-order valence-electron chi connectivity index (χ4n) is 4.42. The maximum absolute atomic E-state index is 11.8. The van der Waals surface area contributed by atoms with E-state index in [1.807, 2.05) is 12.1 Å². The van der Waals surface area contributed by atoms with Crippen molar-refractivity contribution in [2.75, 3.05) is 20.2 Å². The van der Waals surface area contributed by atoms with Crippen LogP contribution in [-0.4, -0.2) is 31.7 Å². The minimum atomic E-state index is -0.258. The Hall–Kier alpha value is -1.39. The van der Waals surface area contributed by atoms with Crippen molar-refractivity contribution in [1.29, 1.82) is 0 Å². The van der Waals surface area contributed by atoms with E-state index in [0.717, 1.165) is 32.4 Å². The number of nitrogens with two attached hydrogens (primary N) is 1. The molecule has 2 aliphatic rings. The fraction of sp³-hybridized carbons (Fsp3) is 0.632. The third-order valence-electron chi connectivity index (χ3n) is 5.80. The summed E-state index contributed by atoms with van der Waals surface area (Å²) in [7, 11) is 1.43. The topological polar surface area (TPSA) is 64.3 Å². The first-order chi connectivity index (χ1) is 11.1. The zero-order chi connectivity index (χ0) is 16.4. The van der Waals surface area contributed by atoms with Gasteiger partial charge in [-0.15, -0.1) is 0 Å². The van der Waals surface area contributed by atoms with Gasteiger partial charge >= 0.3 is 5.97 Å². The molecule has 3 atom stereocenters. The molecule has 2 aliphatic carbocycles. The molecule has 0 spiro atoms. The zero-order valence-corrected chi connectivity index (χ0v) is 14.2.